The van der Waals surface area contributed by atoms with E-state index in [0.717, 1.165) is 17.5 Å². The maximum absolute atomic E-state index is 11.6. The smallest absolute Gasteiger partial charge is 0.309 e. The summed E-state index contributed by atoms with van der Waals surface area (Å²) in [5.41, 5.74) is 6.59. The molecule has 0 spiro atoms. The number of carbonyl (C=O) groups is 1. The van der Waals surface area contributed by atoms with Gasteiger partial charge in [-0.1, -0.05) is 24.3 Å². The van der Waals surface area contributed by atoms with Gasteiger partial charge in [0.25, 0.3) is 0 Å². The van der Waals surface area contributed by atoms with E-state index >= 15 is 0 Å². The number of aliphatic hydroxyl groups is 1. The highest BCUT2D eigenvalue weighted by Crippen LogP contribution is 2.37. The van der Waals surface area contributed by atoms with Crippen LogP contribution in [0.2, 0.25) is 0 Å². The molecular formula is C14H19NO3. The summed E-state index contributed by atoms with van der Waals surface area (Å²) < 4.78 is 4.92. The Morgan fingerprint density at radius 3 is 3.00 bits per heavy atom. The molecule has 0 aromatic heterocycles. The van der Waals surface area contributed by atoms with E-state index in [1.165, 1.54) is 0 Å². The van der Waals surface area contributed by atoms with E-state index < -0.39 is 5.60 Å². The minimum Gasteiger partial charge on any atom is -0.466 e. The summed E-state index contributed by atoms with van der Waals surface area (Å²) in [7, 11) is 0. The van der Waals surface area contributed by atoms with Crippen LogP contribution < -0.4 is 5.73 Å². The molecule has 98 valence electrons. The van der Waals surface area contributed by atoms with E-state index in [0.29, 0.717) is 13.0 Å². The first-order chi connectivity index (χ1) is 8.55. The Morgan fingerprint density at radius 2 is 2.28 bits per heavy atom. The first-order valence-corrected chi connectivity index (χ1v) is 6.27. The van der Waals surface area contributed by atoms with Crippen LogP contribution in [0.5, 0.6) is 0 Å². The van der Waals surface area contributed by atoms with Crippen molar-refractivity contribution in [3.05, 3.63) is 35.4 Å². The number of rotatable bonds is 3. The third-order valence-corrected chi connectivity index (χ3v) is 3.34. The van der Waals surface area contributed by atoms with Gasteiger partial charge in [-0.3, -0.25) is 4.79 Å². The van der Waals surface area contributed by atoms with Crippen molar-refractivity contribution >= 4 is 5.97 Å². The van der Waals surface area contributed by atoms with Gasteiger partial charge in [-0.25, -0.2) is 0 Å². The van der Waals surface area contributed by atoms with Gasteiger partial charge < -0.3 is 15.6 Å². The zero-order chi connectivity index (χ0) is 13.2. The number of carbonyl (C=O) groups excluding carboxylic acids is 1. The van der Waals surface area contributed by atoms with Crippen molar-refractivity contribution < 1.29 is 14.6 Å². The summed E-state index contributed by atoms with van der Waals surface area (Å²) in [5.74, 6) is -0.385. The summed E-state index contributed by atoms with van der Waals surface area (Å²) in [4.78, 5) is 11.6. The number of nitrogens with two attached hydrogens (primary N) is 1. The molecule has 0 aliphatic heterocycles. The Kier molecular flexibility index (Phi) is 3.68. The van der Waals surface area contributed by atoms with Gasteiger partial charge in [-0.05, 0) is 30.9 Å². The van der Waals surface area contributed by atoms with Crippen LogP contribution in [-0.4, -0.2) is 23.7 Å². The van der Waals surface area contributed by atoms with Crippen LogP contribution in [0, 0.1) is 0 Å². The minimum atomic E-state index is -1.19. The zero-order valence-electron chi connectivity index (χ0n) is 10.6. The Morgan fingerprint density at radius 1 is 1.56 bits per heavy atom. The maximum atomic E-state index is 11.6. The molecule has 0 saturated carbocycles. The lowest BCUT2D eigenvalue weighted by Gasteiger charge is -2.36. The highest BCUT2D eigenvalue weighted by Gasteiger charge is 2.39. The standard InChI is InChI=1S/C14H19NO3/c1-2-18-13(16)9-14(17)8-11(15)7-10-5-3-4-6-12(10)14/h3-6,11,17H,2,7-9,15H2,1H3/t11-,14+/m0/s1. The lowest BCUT2D eigenvalue weighted by Crippen LogP contribution is -2.43. The SMILES string of the molecule is CCOC(=O)C[C@]1(O)C[C@@H](N)Cc2ccccc21. The van der Waals surface area contributed by atoms with E-state index in [1.54, 1.807) is 6.92 Å². The van der Waals surface area contributed by atoms with Crippen LogP contribution in [0.15, 0.2) is 24.3 Å². The summed E-state index contributed by atoms with van der Waals surface area (Å²) in [6.45, 7) is 2.07. The topological polar surface area (TPSA) is 72.5 Å². The van der Waals surface area contributed by atoms with E-state index in [-0.39, 0.29) is 18.4 Å². The lowest BCUT2D eigenvalue weighted by molar-refractivity contribution is -0.150. The van der Waals surface area contributed by atoms with Crippen molar-refractivity contribution in [3.8, 4) is 0 Å². The van der Waals surface area contributed by atoms with Crippen LogP contribution in [0.1, 0.15) is 30.9 Å². The normalized spacial score (nSPS) is 26.5. The van der Waals surface area contributed by atoms with Crippen molar-refractivity contribution in [2.24, 2.45) is 5.73 Å². The Balaban J connectivity index is 2.29. The molecule has 0 fully saturated rings. The lowest BCUT2D eigenvalue weighted by atomic mass is 9.75. The average Bonchev–Trinajstić information content (AvgIpc) is 2.28. The Hall–Kier alpha value is -1.39. The minimum absolute atomic E-state index is 0.0362. The predicted molar refractivity (Wildman–Crippen MR) is 67.9 cm³/mol. The number of fused-ring (bicyclic) bond motifs is 1. The quantitative estimate of drug-likeness (QED) is 0.787. The van der Waals surface area contributed by atoms with Crippen molar-refractivity contribution in [2.75, 3.05) is 6.61 Å². The first kappa shape index (κ1) is 13.1. The third kappa shape index (κ3) is 2.54. The van der Waals surface area contributed by atoms with Gasteiger partial charge in [0.2, 0.25) is 0 Å². The van der Waals surface area contributed by atoms with E-state index in [9.17, 15) is 9.90 Å². The van der Waals surface area contributed by atoms with Crippen LogP contribution in [0.4, 0.5) is 0 Å². The second-order valence-corrected chi connectivity index (χ2v) is 4.84. The van der Waals surface area contributed by atoms with Gasteiger partial charge in [0.05, 0.1) is 13.0 Å². The molecule has 0 radical (unpaired) electrons. The zero-order valence-corrected chi connectivity index (χ0v) is 10.6. The Bertz CT molecular complexity index is 446. The van der Waals surface area contributed by atoms with Crippen molar-refractivity contribution in [1.29, 1.82) is 0 Å². The molecule has 2 atom stereocenters. The second kappa shape index (κ2) is 5.08. The second-order valence-electron chi connectivity index (χ2n) is 4.84. The largest absolute Gasteiger partial charge is 0.466 e. The van der Waals surface area contributed by atoms with Crippen LogP contribution >= 0.6 is 0 Å². The Labute approximate surface area is 107 Å². The molecule has 0 bridgehead atoms. The molecule has 0 amide bonds. The van der Waals surface area contributed by atoms with Gasteiger partial charge in [0.1, 0.15) is 5.60 Å². The molecule has 3 N–H and O–H groups in total. The summed E-state index contributed by atoms with van der Waals surface area (Å²) >= 11 is 0. The molecule has 4 heteroatoms. The third-order valence-electron chi connectivity index (χ3n) is 3.34. The monoisotopic (exact) mass is 249 g/mol. The fourth-order valence-corrected chi connectivity index (χ4v) is 2.67. The van der Waals surface area contributed by atoms with Crippen molar-refractivity contribution in [3.63, 3.8) is 0 Å². The number of hydrogen-bond donors (Lipinski definition) is 2. The predicted octanol–water partition coefficient (Wildman–Crippen LogP) is 1.10. The summed E-state index contributed by atoms with van der Waals surface area (Å²) in [6.07, 6.45) is 1.09. The number of ether oxygens (including phenoxy) is 1. The van der Waals surface area contributed by atoms with E-state index in [2.05, 4.69) is 0 Å². The fourth-order valence-electron chi connectivity index (χ4n) is 2.67. The average molecular weight is 249 g/mol. The van der Waals surface area contributed by atoms with Crippen LogP contribution in [-0.2, 0) is 21.6 Å². The van der Waals surface area contributed by atoms with Crippen molar-refractivity contribution in [2.45, 2.75) is 37.8 Å². The molecule has 18 heavy (non-hydrogen) atoms. The molecule has 1 aromatic carbocycles. The van der Waals surface area contributed by atoms with E-state index in [1.807, 2.05) is 24.3 Å². The molecule has 0 saturated heterocycles. The summed E-state index contributed by atoms with van der Waals surface area (Å²) in [5, 5.41) is 10.7. The van der Waals surface area contributed by atoms with Gasteiger partial charge >= 0.3 is 5.97 Å². The van der Waals surface area contributed by atoms with Crippen LogP contribution in [0.25, 0.3) is 0 Å². The van der Waals surface area contributed by atoms with Gasteiger partial charge in [0.15, 0.2) is 0 Å². The number of hydrogen-bond acceptors (Lipinski definition) is 4. The van der Waals surface area contributed by atoms with Gasteiger partial charge in [-0.15, -0.1) is 0 Å². The molecule has 1 aliphatic carbocycles. The van der Waals surface area contributed by atoms with Gasteiger partial charge in [0, 0.05) is 6.04 Å². The fraction of sp³-hybridized carbons (Fsp3) is 0.500. The van der Waals surface area contributed by atoms with Gasteiger partial charge in [-0.2, -0.15) is 0 Å². The maximum Gasteiger partial charge on any atom is 0.309 e. The van der Waals surface area contributed by atoms with Crippen molar-refractivity contribution in [1.82, 2.24) is 0 Å². The molecule has 1 aliphatic rings. The molecule has 0 unspecified atom stereocenters. The molecule has 1 aromatic rings. The van der Waals surface area contributed by atoms with E-state index in [4.69, 9.17) is 10.5 Å². The summed E-state index contributed by atoms with van der Waals surface area (Å²) in [6, 6.07) is 7.47. The highest BCUT2D eigenvalue weighted by atomic mass is 16.5. The molecule has 4 nitrogen and oxygen atoms in total. The number of benzene rings is 1. The number of esters is 1. The first-order valence-electron chi connectivity index (χ1n) is 6.27. The van der Waals surface area contributed by atoms with Crippen LogP contribution in [0.3, 0.4) is 0 Å². The molecule has 2 rings (SSSR count). The highest BCUT2D eigenvalue weighted by molar-refractivity contribution is 5.71. The molecular weight excluding hydrogens is 230 g/mol. The molecule has 0 heterocycles.